The summed E-state index contributed by atoms with van der Waals surface area (Å²) >= 11 is 1.46. The summed E-state index contributed by atoms with van der Waals surface area (Å²) in [6, 6.07) is 11.6. The van der Waals surface area contributed by atoms with Gasteiger partial charge in [-0.05, 0) is 37.6 Å². The number of nitrogens with one attached hydrogen (secondary N) is 2. The van der Waals surface area contributed by atoms with Crippen molar-refractivity contribution in [3.05, 3.63) is 64.8 Å². The Morgan fingerprint density at radius 2 is 2.08 bits per heavy atom. The van der Waals surface area contributed by atoms with Gasteiger partial charge in [-0.25, -0.2) is 9.97 Å². The minimum atomic E-state index is -0.0726. The van der Waals surface area contributed by atoms with E-state index in [0.717, 1.165) is 27.9 Å². The Hall–Kier alpha value is -2.73. The first-order valence-electron chi connectivity index (χ1n) is 7.60. The Morgan fingerprint density at radius 3 is 2.83 bits per heavy atom. The van der Waals surface area contributed by atoms with Gasteiger partial charge in [0.05, 0.1) is 12.1 Å². The van der Waals surface area contributed by atoms with Crippen LogP contribution in [0.1, 0.15) is 16.8 Å². The van der Waals surface area contributed by atoms with E-state index in [1.165, 1.54) is 16.9 Å². The van der Waals surface area contributed by atoms with Crippen molar-refractivity contribution >= 4 is 33.9 Å². The van der Waals surface area contributed by atoms with Gasteiger partial charge in [0.1, 0.15) is 5.82 Å². The van der Waals surface area contributed by atoms with Gasteiger partial charge in [-0.1, -0.05) is 23.8 Å². The van der Waals surface area contributed by atoms with Crippen molar-refractivity contribution in [1.82, 2.24) is 9.97 Å². The number of benzene rings is 1. The van der Waals surface area contributed by atoms with Crippen LogP contribution >= 0.6 is 11.3 Å². The van der Waals surface area contributed by atoms with E-state index in [9.17, 15) is 4.79 Å². The number of aryl methyl sites for hydroxylation is 2. The molecule has 0 radical (unpaired) electrons. The summed E-state index contributed by atoms with van der Waals surface area (Å²) in [6.45, 7) is 4.02. The maximum Gasteiger partial charge on any atom is 0.230 e. The summed E-state index contributed by atoms with van der Waals surface area (Å²) in [5.74, 6) is 0.662. The van der Waals surface area contributed by atoms with Gasteiger partial charge in [-0.15, -0.1) is 11.3 Å². The van der Waals surface area contributed by atoms with E-state index < -0.39 is 0 Å². The zero-order valence-electron chi connectivity index (χ0n) is 13.5. The number of aromatic nitrogens is 2. The van der Waals surface area contributed by atoms with Crippen LogP contribution in [0.25, 0.3) is 0 Å². The maximum atomic E-state index is 12.2. The van der Waals surface area contributed by atoms with Crippen LogP contribution in [0.5, 0.6) is 0 Å². The second kappa shape index (κ2) is 7.23. The molecule has 0 unspecified atom stereocenters. The highest BCUT2D eigenvalue weighted by molar-refractivity contribution is 7.13. The Labute approximate surface area is 144 Å². The molecular formula is C18H18N4OS. The minimum absolute atomic E-state index is 0.0726. The first kappa shape index (κ1) is 16.1. The predicted molar refractivity (Wildman–Crippen MR) is 97.9 cm³/mol. The van der Waals surface area contributed by atoms with Gasteiger partial charge in [0.25, 0.3) is 0 Å². The first-order chi connectivity index (χ1) is 11.6. The predicted octanol–water partition coefficient (Wildman–Crippen LogP) is 4.08. The van der Waals surface area contributed by atoms with Gasteiger partial charge in [-0.2, -0.15) is 0 Å². The standard InChI is InChI=1S/C18H18N4OS/c1-12-6-7-15(13(2)9-12)21-17(23)10-14-11-24-18(20-14)22-16-5-3-4-8-19-16/h3-9,11H,10H2,1-2H3,(H,21,23)(H,19,20,22). The molecule has 1 amide bonds. The molecule has 5 nitrogen and oxygen atoms in total. The van der Waals surface area contributed by atoms with E-state index >= 15 is 0 Å². The molecule has 1 aromatic carbocycles. The summed E-state index contributed by atoms with van der Waals surface area (Å²) in [4.78, 5) is 20.8. The fourth-order valence-electron chi connectivity index (χ4n) is 2.30. The van der Waals surface area contributed by atoms with E-state index in [4.69, 9.17) is 0 Å². The number of amides is 1. The van der Waals surface area contributed by atoms with Crippen molar-refractivity contribution in [3.63, 3.8) is 0 Å². The van der Waals surface area contributed by atoms with Crippen LogP contribution in [0, 0.1) is 13.8 Å². The van der Waals surface area contributed by atoms with Crippen molar-refractivity contribution in [2.75, 3.05) is 10.6 Å². The van der Waals surface area contributed by atoms with Crippen LogP contribution in [0.2, 0.25) is 0 Å². The average Bonchev–Trinajstić information content (AvgIpc) is 2.98. The molecule has 2 aromatic heterocycles. The molecule has 122 valence electrons. The summed E-state index contributed by atoms with van der Waals surface area (Å²) in [5.41, 5.74) is 3.81. The van der Waals surface area contributed by atoms with Crippen molar-refractivity contribution < 1.29 is 4.79 Å². The van der Waals surface area contributed by atoms with Crippen molar-refractivity contribution in [2.24, 2.45) is 0 Å². The van der Waals surface area contributed by atoms with Gasteiger partial charge in [0, 0.05) is 17.3 Å². The fraction of sp³-hybridized carbons (Fsp3) is 0.167. The van der Waals surface area contributed by atoms with Gasteiger partial charge in [0.15, 0.2) is 5.13 Å². The van der Waals surface area contributed by atoms with Gasteiger partial charge in [-0.3, -0.25) is 4.79 Å². The summed E-state index contributed by atoms with van der Waals surface area (Å²) in [5, 5.41) is 8.67. The Morgan fingerprint density at radius 1 is 1.21 bits per heavy atom. The van der Waals surface area contributed by atoms with Gasteiger partial charge >= 0.3 is 0 Å². The zero-order chi connectivity index (χ0) is 16.9. The van der Waals surface area contributed by atoms with Crippen LogP contribution in [-0.4, -0.2) is 15.9 Å². The normalized spacial score (nSPS) is 10.4. The highest BCUT2D eigenvalue weighted by Gasteiger charge is 2.10. The molecule has 0 saturated heterocycles. The quantitative estimate of drug-likeness (QED) is 0.735. The molecule has 24 heavy (non-hydrogen) atoms. The molecule has 6 heteroatoms. The molecule has 0 bridgehead atoms. The Balaban J connectivity index is 1.61. The van der Waals surface area contributed by atoms with E-state index in [1.807, 2.05) is 55.6 Å². The number of rotatable bonds is 5. The fourth-order valence-corrected chi connectivity index (χ4v) is 3.02. The minimum Gasteiger partial charge on any atom is -0.326 e. The molecule has 0 atom stereocenters. The number of thiazole rings is 1. The van der Waals surface area contributed by atoms with Crippen LogP contribution < -0.4 is 10.6 Å². The molecule has 3 rings (SSSR count). The molecule has 0 aliphatic rings. The molecule has 0 aliphatic heterocycles. The zero-order valence-corrected chi connectivity index (χ0v) is 14.4. The number of carbonyl (C=O) groups is 1. The number of hydrogen-bond donors (Lipinski definition) is 2. The molecule has 2 N–H and O–H groups in total. The molecule has 3 aromatic rings. The maximum absolute atomic E-state index is 12.2. The van der Waals surface area contributed by atoms with Crippen molar-refractivity contribution in [1.29, 1.82) is 0 Å². The van der Waals surface area contributed by atoms with Gasteiger partial charge < -0.3 is 10.6 Å². The molecule has 2 heterocycles. The molecule has 0 spiro atoms. The van der Waals surface area contributed by atoms with E-state index in [2.05, 4.69) is 20.6 Å². The first-order valence-corrected chi connectivity index (χ1v) is 8.48. The number of anilines is 3. The lowest BCUT2D eigenvalue weighted by Crippen LogP contribution is -2.15. The van der Waals surface area contributed by atoms with Gasteiger partial charge in [0.2, 0.25) is 5.91 Å². The Bertz CT molecular complexity index is 845. The SMILES string of the molecule is Cc1ccc(NC(=O)Cc2csc(Nc3ccccn3)n2)c(C)c1. The lowest BCUT2D eigenvalue weighted by molar-refractivity contribution is -0.115. The lowest BCUT2D eigenvalue weighted by atomic mass is 10.1. The highest BCUT2D eigenvalue weighted by atomic mass is 32.1. The number of pyridine rings is 1. The van der Waals surface area contributed by atoms with Crippen LogP contribution in [-0.2, 0) is 11.2 Å². The number of hydrogen-bond acceptors (Lipinski definition) is 5. The lowest BCUT2D eigenvalue weighted by Gasteiger charge is -2.08. The monoisotopic (exact) mass is 338 g/mol. The smallest absolute Gasteiger partial charge is 0.230 e. The number of carbonyl (C=O) groups excluding carboxylic acids is 1. The summed E-state index contributed by atoms with van der Waals surface area (Å²) < 4.78 is 0. The van der Waals surface area contributed by atoms with E-state index in [0.29, 0.717) is 0 Å². The third-order valence-electron chi connectivity index (χ3n) is 3.45. The van der Waals surface area contributed by atoms with Crippen LogP contribution in [0.4, 0.5) is 16.6 Å². The second-order valence-corrected chi connectivity index (χ2v) is 6.39. The Kier molecular flexibility index (Phi) is 4.86. The van der Waals surface area contributed by atoms with Crippen LogP contribution in [0.3, 0.4) is 0 Å². The van der Waals surface area contributed by atoms with Crippen molar-refractivity contribution in [2.45, 2.75) is 20.3 Å². The largest absolute Gasteiger partial charge is 0.326 e. The van der Waals surface area contributed by atoms with E-state index in [1.54, 1.807) is 6.20 Å². The highest BCUT2D eigenvalue weighted by Crippen LogP contribution is 2.20. The summed E-state index contributed by atoms with van der Waals surface area (Å²) in [6.07, 6.45) is 1.96. The molecule has 0 aliphatic carbocycles. The molecule has 0 fully saturated rings. The third kappa shape index (κ3) is 4.17. The topological polar surface area (TPSA) is 66.9 Å². The van der Waals surface area contributed by atoms with E-state index in [-0.39, 0.29) is 12.3 Å². The molecular weight excluding hydrogens is 320 g/mol. The van der Waals surface area contributed by atoms with Crippen molar-refractivity contribution in [3.8, 4) is 0 Å². The second-order valence-electron chi connectivity index (χ2n) is 5.53. The summed E-state index contributed by atoms with van der Waals surface area (Å²) in [7, 11) is 0. The average molecular weight is 338 g/mol. The third-order valence-corrected chi connectivity index (χ3v) is 4.26. The van der Waals surface area contributed by atoms with Crippen LogP contribution in [0.15, 0.2) is 48.0 Å². The number of nitrogens with zero attached hydrogens (tertiary/aromatic N) is 2. The molecule has 0 saturated carbocycles.